The molecule has 0 saturated carbocycles. The van der Waals surface area contributed by atoms with Gasteiger partial charge in [-0.25, -0.2) is 0 Å². The number of methoxy groups -OCH3 is 2. The molecule has 3 fully saturated rings. The van der Waals surface area contributed by atoms with E-state index >= 15 is 0 Å². The van der Waals surface area contributed by atoms with Crippen molar-refractivity contribution in [1.82, 2.24) is 9.88 Å². The van der Waals surface area contributed by atoms with Crippen LogP contribution in [0.2, 0.25) is 0 Å². The molecular weight excluding hydrogens is 452 g/mol. The molecule has 7 heteroatoms. The third kappa shape index (κ3) is 4.08. The van der Waals surface area contributed by atoms with Crippen molar-refractivity contribution in [2.75, 3.05) is 38.8 Å². The van der Waals surface area contributed by atoms with Crippen LogP contribution in [0.15, 0.2) is 34.3 Å². The smallest absolute Gasteiger partial charge is 0.235 e. The lowest BCUT2D eigenvalue weighted by Crippen LogP contribution is -2.59. The van der Waals surface area contributed by atoms with E-state index in [1.807, 2.05) is 30.4 Å². The van der Waals surface area contributed by atoms with E-state index in [2.05, 4.69) is 26.9 Å². The molecule has 1 aliphatic carbocycles. The number of rotatable bonds is 5. The number of oxazole rings is 1. The molecule has 1 aromatic heterocycles. The van der Waals surface area contributed by atoms with Gasteiger partial charge in [-0.3, -0.25) is 4.90 Å². The molecule has 36 heavy (non-hydrogen) atoms. The fraction of sp³-hybridized carbons (Fsp3) is 0.517. The lowest BCUT2D eigenvalue weighted by molar-refractivity contribution is 0.0305. The van der Waals surface area contributed by atoms with Crippen LogP contribution in [0.3, 0.4) is 0 Å². The quantitative estimate of drug-likeness (QED) is 0.542. The minimum Gasteiger partial charge on any atom is -0.493 e. The molecule has 4 aliphatic rings. The van der Waals surface area contributed by atoms with E-state index in [1.54, 1.807) is 19.8 Å². The standard InChI is InChI=1S/C29H34N4O3/c1-34-25-10-8-19(14-26(25)35-2)9-11-27-31-23(17-30)29(36-27)33-13-5-6-20-15-21-16-22(28(20)33)18-32-12-4-3-7-24(21)32/h8-11,14-15,21-22,24,28H,3-7,12-13,16,18H2,1-2H3/b11-9+/t21-,22+,24+,28+/m0/s1. The number of ether oxygens (including phenoxy) is 2. The highest BCUT2D eigenvalue weighted by Gasteiger charge is 2.47. The predicted octanol–water partition coefficient (Wildman–Crippen LogP) is 5.13. The fourth-order valence-electron chi connectivity index (χ4n) is 6.99. The van der Waals surface area contributed by atoms with Crippen LogP contribution in [0.1, 0.15) is 55.7 Å². The van der Waals surface area contributed by atoms with Gasteiger partial charge in [-0.2, -0.15) is 10.2 Å². The van der Waals surface area contributed by atoms with E-state index in [-0.39, 0.29) is 0 Å². The van der Waals surface area contributed by atoms with Crippen molar-refractivity contribution in [3.8, 4) is 17.6 Å². The Morgan fingerprint density at radius 2 is 2.00 bits per heavy atom. The molecule has 0 unspecified atom stereocenters. The largest absolute Gasteiger partial charge is 0.493 e. The van der Waals surface area contributed by atoms with Gasteiger partial charge >= 0.3 is 0 Å². The van der Waals surface area contributed by atoms with Gasteiger partial charge < -0.3 is 18.8 Å². The van der Waals surface area contributed by atoms with Crippen LogP contribution in [0, 0.1) is 23.2 Å². The monoisotopic (exact) mass is 486 g/mol. The lowest BCUT2D eigenvalue weighted by atomic mass is 9.68. The van der Waals surface area contributed by atoms with Crippen molar-refractivity contribution in [3.63, 3.8) is 0 Å². The normalized spacial score (nSPS) is 27.7. The molecule has 7 nitrogen and oxygen atoms in total. The minimum absolute atomic E-state index is 0.306. The van der Waals surface area contributed by atoms with E-state index in [0.717, 1.165) is 37.5 Å². The average Bonchev–Trinajstić information content (AvgIpc) is 3.34. The maximum atomic E-state index is 9.92. The molecule has 0 N–H and O–H groups in total. The summed E-state index contributed by atoms with van der Waals surface area (Å²) in [5.41, 5.74) is 2.86. The van der Waals surface area contributed by atoms with Crippen LogP contribution < -0.4 is 14.4 Å². The summed E-state index contributed by atoms with van der Waals surface area (Å²) < 4.78 is 17.0. The highest BCUT2D eigenvalue weighted by molar-refractivity contribution is 5.69. The topological polar surface area (TPSA) is 74.8 Å². The van der Waals surface area contributed by atoms with Gasteiger partial charge in [0.25, 0.3) is 0 Å². The summed E-state index contributed by atoms with van der Waals surface area (Å²) in [4.78, 5) is 9.62. The molecule has 0 spiro atoms. The van der Waals surface area contributed by atoms with Crippen molar-refractivity contribution < 1.29 is 13.9 Å². The molecule has 4 atom stereocenters. The first-order valence-corrected chi connectivity index (χ1v) is 13.2. The van der Waals surface area contributed by atoms with Crippen LogP contribution in [0.4, 0.5) is 5.88 Å². The summed E-state index contributed by atoms with van der Waals surface area (Å²) in [5.74, 6) is 3.67. The molecule has 2 bridgehead atoms. The van der Waals surface area contributed by atoms with Crippen molar-refractivity contribution >= 4 is 18.0 Å². The van der Waals surface area contributed by atoms with Crippen LogP contribution in [-0.2, 0) is 0 Å². The third-order valence-electron chi connectivity index (χ3n) is 8.48. The van der Waals surface area contributed by atoms with E-state index in [9.17, 15) is 5.26 Å². The number of anilines is 1. The first kappa shape index (κ1) is 23.2. The summed E-state index contributed by atoms with van der Waals surface area (Å²) in [7, 11) is 3.24. The Balaban J connectivity index is 1.28. The van der Waals surface area contributed by atoms with Crippen LogP contribution in [0.5, 0.6) is 11.5 Å². The van der Waals surface area contributed by atoms with Gasteiger partial charge in [-0.1, -0.05) is 24.1 Å². The zero-order valence-corrected chi connectivity index (χ0v) is 21.2. The number of fused-ring (bicyclic) bond motifs is 6. The van der Waals surface area contributed by atoms with Crippen molar-refractivity contribution in [3.05, 3.63) is 47.0 Å². The van der Waals surface area contributed by atoms with Gasteiger partial charge in [0.1, 0.15) is 6.07 Å². The number of benzene rings is 1. The van der Waals surface area contributed by atoms with Crippen LogP contribution in [0.25, 0.3) is 12.2 Å². The molecule has 3 saturated heterocycles. The second kappa shape index (κ2) is 9.67. The van der Waals surface area contributed by atoms with Crippen molar-refractivity contribution in [2.24, 2.45) is 11.8 Å². The molecule has 0 radical (unpaired) electrons. The van der Waals surface area contributed by atoms with Gasteiger partial charge in [0, 0.05) is 25.2 Å². The van der Waals surface area contributed by atoms with Crippen LogP contribution in [-0.4, -0.2) is 55.8 Å². The maximum Gasteiger partial charge on any atom is 0.235 e. The van der Waals surface area contributed by atoms with Gasteiger partial charge in [0.15, 0.2) is 11.5 Å². The maximum absolute atomic E-state index is 9.92. The van der Waals surface area contributed by atoms with E-state index in [4.69, 9.17) is 13.9 Å². The predicted molar refractivity (Wildman–Crippen MR) is 139 cm³/mol. The molecule has 3 aliphatic heterocycles. The second-order valence-corrected chi connectivity index (χ2v) is 10.5. The zero-order chi connectivity index (χ0) is 24.6. The van der Waals surface area contributed by atoms with Gasteiger partial charge in [-0.15, -0.1) is 0 Å². The SMILES string of the molecule is COc1ccc(/C=C/c2nc(C#N)c(N3CCCC4=C[C@H]5C[C@H](CN6CCCC[C@H]56)[C@@H]43)o2)cc1OC. The van der Waals surface area contributed by atoms with Gasteiger partial charge in [0.2, 0.25) is 17.5 Å². The Morgan fingerprint density at radius 1 is 1.11 bits per heavy atom. The second-order valence-electron chi connectivity index (χ2n) is 10.5. The van der Waals surface area contributed by atoms with E-state index < -0.39 is 0 Å². The summed E-state index contributed by atoms with van der Waals surface area (Å²) in [5, 5.41) is 9.92. The lowest BCUT2D eigenvalue weighted by Gasteiger charge is -2.54. The van der Waals surface area contributed by atoms with Crippen molar-refractivity contribution in [2.45, 2.75) is 50.6 Å². The average molecular weight is 487 g/mol. The molecule has 2 aromatic rings. The van der Waals surface area contributed by atoms with Gasteiger partial charge in [-0.05, 0) is 74.3 Å². The highest BCUT2D eigenvalue weighted by Crippen LogP contribution is 2.46. The molecule has 1 aromatic carbocycles. The summed E-state index contributed by atoms with van der Waals surface area (Å²) in [6, 6.07) is 9.05. The summed E-state index contributed by atoms with van der Waals surface area (Å²) in [6.07, 6.45) is 13.8. The Hall–Kier alpha value is -3.24. The third-order valence-corrected chi connectivity index (χ3v) is 8.48. The Morgan fingerprint density at radius 3 is 2.83 bits per heavy atom. The molecular formula is C29H34N4O3. The number of hydrogen-bond donors (Lipinski definition) is 0. The number of piperidine rings is 3. The van der Waals surface area contributed by atoms with E-state index in [1.165, 1.54) is 32.2 Å². The molecule has 6 rings (SSSR count). The molecule has 0 amide bonds. The molecule has 188 valence electrons. The van der Waals surface area contributed by atoms with Crippen LogP contribution >= 0.6 is 0 Å². The number of nitriles is 1. The fourth-order valence-corrected chi connectivity index (χ4v) is 6.99. The van der Waals surface area contributed by atoms with Crippen molar-refractivity contribution in [1.29, 1.82) is 5.26 Å². The summed E-state index contributed by atoms with van der Waals surface area (Å²) >= 11 is 0. The first-order valence-electron chi connectivity index (χ1n) is 13.2. The first-order chi connectivity index (χ1) is 17.7. The molecule has 4 heterocycles. The summed E-state index contributed by atoms with van der Waals surface area (Å²) in [6.45, 7) is 3.28. The Labute approximate surface area is 213 Å². The Kier molecular flexibility index (Phi) is 6.22. The highest BCUT2D eigenvalue weighted by atomic mass is 16.5. The Bertz CT molecular complexity index is 1230. The zero-order valence-electron chi connectivity index (χ0n) is 21.2. The number of nitrogens with zero attached hydrogens (tertiary/aromatic N) is 4. The van der Waals surface area contributed by atoms with E-state index in [0.29, 0.717) is 46.8 Å². The number of aromatic nitrogens is 1. The number of hydrogen-bond acceptors (Lipinski definition) is 7. The van der Waals surface area contributed by atoms with Gasteiger partial charge in [0.05, 0.1) is 20.3 Å². The minimum atomic E-state index is 0.306.